The van der Waals surface area contributed by atoms with E-state index in [4.69, 9.17) is 0 Å². The van der Waals surface area contributed by atoms with Gasteiger partial charge in [-0.2, -0.15) is 11.3 Å². The minimum Gasteiger partial charge on any atom is -0.151 e. The van der Waals surface area contributed by atoms with Gasteiger partial charge >= 0.3 is 0 Å². The minimum absolute atomic E-state index is 0.0762. The first-order chi connectivity index (χ1) is 16.4. The summed E-state index contributed by atoms with van der Waals surface area (Å²) in [7, 11) is 8.15. The Morgan fingerprint density at radius 2 is 0.697 bits per heavy atom. The third-order valence-electron chi connectivity index (χ3n) is 9.05. The summed E-state index contributed by atoms with van der Waals surface area (Å²) >= 11 is 2.11. The summed E-state index contributed by atoms with van der Waals surface area (Å²) in [5, 5.41) is 9.43. The van der Waals surface area contributed by atoms with Crippen molar-refractivity contribution in [1.82, 2.24) is 0 Å². The van der Waals surface area contributed by atoms with Gasteiger partial charge in [-0.1, -0.05) is 92.9 Å². The van der Waals surface area contributed by atoms with Gasteiger partial charge in [-0.3, -0.25) is 0 Å². The lowest BCUT2D eigenvalue weighted by molar-refractivity contribution is 0.486. The van der Waals surface area contributed by atoms with E-state index in [9.17, 15) is 0 Å². The van der Waals surface area contributed by atoms with E-state index in [1.807, 2.05) is 10.6 Å². The number of thiophene rings is 1. The average molecular weight is 498 g/mol. The van der Waals surface area contributed by atoms with Crippen molar-refractivity contribution >= 4 is 53.3 Å². The van der Waals surface area contributed by atoms with Gasteiger partial charge in [0.1, 0.15) is 0 Å². The molecular formula is C28H46B2P2S. The highest BCUT2D eigenvalue weighted by molar-refractivity contribution is 7.74. The van der Waals surface area contributed by atoms with Crippen molar-refractivity contribution in [3.63, 3.8) is 0 Å². The van der Waals surface area contributed by atoms with Crippen LogP contribution in [-0.2, 0) is 0 Å². The molecule has 4 radical (unpaired) electrons. The molecule has 4 aliphatic rings. The summed E-state index contributed by atoms with van der Waals surface area (Å²) in [4.78, 5) is 0. The van der Waals surface area contributed by atoms with Gasteiger partial charge in [0, 0.05) is 15.5 Å². The van der Waals surface area contributed by atoms with Crippen molar-refractivity contribution < 1.29 is 0 Å². The monoisotopic (exact) mass is 498 g/mol. The highest BCUT2D eigenvalue weighted by Crippen LogP contribution is 2.60. The van der Waals surface area contributed by atoms with Gasteiger partial charge in [-0.25, -0.2) is 0 Å². The van der Waals surface area contributed by atoms with E-state index in [1.54, 1.807) is 51.4 Å². The quantitative estimate of drug-likeness (QED) is 0.272. The molecule has 0 unspecified atom stereocenters. The fraction of sp³-hybridized carbons (Fsp3) is 0.857. The van der Waals surface area contributed by atoms with E-state index in [1.165, 1.54) is 77.0 Å². The lowest BCUT2D eigenvalue weighted by Crippen LogP contribution is -2.35. The van der Waals surface area contributed by atoms with Crippen LogP contribution < -0.4 is 10.6 Å². The Labute approximate surface area is 214 Å². The van der Waals surface area contributed by atoms with Crippen molar-refractivity contribution in [3.8, 4) is 0 Å². The van der Waals surface area contributed by atoms with Crippen LogP contribution in [-0.4, -0.2) is 38.1 Å². The second kappa shape index (κ2) is 14.4. The second-order valence-electron chi connectivity index (χ2n) is 11.1. The smallest absolute Gasteiger partial charge is 0 e. The van der Waals surface area contributed by atoms with Crippen LogP contribution in [0.15, 0.2) is 10.8 Å². The molecule has 0 N–H and O–H groups in total. The van der Waals surface area contributed by atoms with Gasteiger partial charge in [-0.05, 0) is 95.4 Å². The predicted octanol–water partition coefficient (Wildman–Crippen LogP) is 8.53. The first-order valence-electron chi connectivity index (χ1n) is 14.4. The molecule has 4 aliphatic carbocycles. The van der Waals surface area contributed by atoms with Gasteiger partial charge in [0.15, 0.2) is 0 Å². The highest BCUT2D eigenvalue weighted by atomic mass is 32.1. The summed E-state index contributed by atoms with van der Waals surface area (Å²) < 4.78 is 0. The first kappa shape index (κ1) is 26.7. The normalized spacial score (nSPS) is 24.7. The number of hydrogen-bond donors (Lipinski definition) is 0. The number of rotatable bonds is 6. The number of hydrogen-bond acceptors (Lipinski definition) is 1. The van der Waals surface area contributed by atoms with Crippen LogP contribution in [0.1, 0.15) is 128 Å². The zero-order chi connectivity index (χ0) is 22.9. The lowest BCUT2D eigenvalue weighted by atomic mass is 9.81. The molecule has 0 aromatic carbocycles. The van der Waals surface area contributed by atoms with Gasteiger partial charge in [0.05, 0.1) is 0 Å². The van der Waals surface area contributed by atoms with Crippen molar-refractivity contribution in [2.24, 2.45) is 0 Å². The van der Waals surface area contributed by atoms with Gasteiger partial charge in [0.2, 0.25) is 0 Å². The fourth-order valence-electron chi connectivity index (χ4n) is 7.49. The minimum atomic E-state index is 0.0762. The van der Waals surface area contributed by atoms with Crippen molar-refractivity contribution in [3.05, 3.63) is 10.8 Å². The zero-order valence-electron chi connectivity index (χ0n) is 21.1. The molecule has 0 nitrogen and oxygen atoms in total. The molecule has 0 amide bonds. The summed E-state index contributed by atoms with van der Waals surface area (Å²) in [5.41, 5.74) is 4.26. The van der Waals surface area contributed by atoms with E-state index in [0.717, 1.165) is 22.6 Å². The highest BCUT2D eigenvalue weighted by Gasteiger charge is 2.39. The van der Waals surface area contributed by atoms with Crippen LogP contribution in [0.4, 0.5) is 0 Å². The van der Waals surface area contributed by atoms with E-state index in [2.05, 4.69) is 37.6 Å². The van der Waals surface area contributed by atoms with Crippen LogP contribution in [0.25, 0.3) is 0 Å². The summed E-state index contributed by atoms with van der Waals surface area (Å²) in [6, 6.07) is 0. The zero-order valence-corrected chi connectivity index (χ0v) is 23.7. The Kier molecular flexibility index (Phi) is 11.7. The Bertz CT molecular complexity index is 566. The van der Waals surface area contributed by atoms with Crippen LogP contribution in [0, 0.1) is 0 Å². The Balaban J connectivity index is 0.00000126. The Hall–Kier alpha value is 0.690. The molecule has 0 saturated heterocycles. The standard InChI is InChI=1S/C28H46P2S.B2/c1-5-13-23(14-6-1)29(24-15-7-2-8-16-24)27-21-31-22-28(27)30(25-17-9-3-10-18-25)26-19-11-4-12-20-26;1-2/h21-26H,1-20H2;. The molecule has 33 heavy (non-hydrogen) atoms. The van der Waals surface area contributed by atoms with E-state index < -0.39 is 0 Å². The average Bonchev–Trinajstić information content (AvgIpc) is 3.37. The molecule has 4 fully saturated rings. The first-order valence-corrected chi connectivity index (χ1v) is 18.3. The molecule has 0 aliphatic heterocycles. The second-order valence-corrected chi connectivity index (χ2v) is 17.4. The van der Waals surface area contributed by atoms with Crippen LogP contribution in [0.5, 0.6) is 0 Å². The molecule has 1 aromatic heterocycles. The Morgan fingerprint density at radius 3 is 0.939 bits per heavy atom. The van der Waals surface area contributed by atoms with Crippen LogP contribution in [0.3, 0.4) is 0 Å². The largest absolute Gasteiger partial charge is 0.151 e. The van der Waals surface area contributed by atoms with Gasteiger partial charge in [0.25, 0.3) is 0 Å². The maximum Gasteiger partial charge on any atom is 0 e. The summed E-state index contributed by atoms with van der Waals surface area (Å²) in [6.45, 7) is 0. The maximum atomic E-state index is 4.00. The molecule has 0 spiro atoms. The van der Waals surface area contributed by atoms with Gasteiger partial charge < -0.3 is 0 Å². The molecule has 180 valence electrons. The Morgan fingerprint density at radius 1 is 0.455 bits per heavy atom. The molecule has 0 bridgehead atoms. The molecule has 5 heteroatoms. The molecule has 5 rings (SSSR count). The summed E-state index contributed by atoms with van der Waals surface area (Å²) in [6.07, 6.45) is 30.7. The van der Waals surface area contributed by atoms with Crippen LogP contribution in [0.2, 0.25) is 0 Å². The van der Waals surface area contributed by atoms with E-state index in [-0.39, 0.29) is 15.8 Å². The van der Waals surface area contributed by atoms with E-state index >= 15 is 0 Å². The SMILES string of the molecule is [B][B].c1scc(P(C2CCCCC2)C2CCCCC2)c1P(C1CCCCC1)C1CCCCC1. The van der Waals surface area contributed by atoms with Crippen LogP contribution >= 0.6 is 27.2 Å². The molecule has 1 heterocycles. The topological polar surface area (TPSA) is 0 Å². The molecule has 4 saturated carbocycles. The van der Waals surface area contributed by atoms with Crippen molar-refractivity contribution in [2.75, 3.05) is 0 Å². The third kappa shape index (κ3) is 6.92. The van der Waals surface area contributed by atoms with Crippen molar-refractivity contribution in [1.29, 1.82) is 0 Å². The van der Waals surface area contributed by atoms with Gasteiger partial charge in [-0.15, -0.1) is 0 Å². The molecule has 0 atom stereocenters. The van der Waals surface area contributed by atoms with Crippen molar-refractivity contribution in [2.45, 2.75) is 151 Å². The summed E-state index contributed by atoms with van der Waals surface area (Å²) in [5.74, 6) is 0. The fourth-order valence-corrected chi connectivity index (χ4v) is 17.4. The molecule has 1 aromatic rings. The third-order valence-corrected chi connectivity index (χ3v) is 17.4. The van der Waals surface area contributed by atoms with E-state index in [0.29, 0.717) is 0 Å². The lowest BCUT2D eigenvalue weighted by Gasteiger charge is -2.42. The predicted molar refractivity (Wildman–Crippen MR) is 156 cm³/mol. The maximum absolute atomic E-state index is 4.00. The molecular weight excluding hydrogens is 452 g/mol.